The molecule has 0 spiro atoms. The predicted octanol–water partition coefficient (Wildman–Crippen LogP) is 7.21. The normalized spacial score (nSPS) is 12.5. The van der Waals surface area contributed by atoms with Crippen LogP contribution in [0, 0.1) is 30.2 Å². The third kappa shape index (κ3) is 8.61. The summed E-state index contributed by atoms with van der Waals surface area (Å²) >= 11 is 0. The van der Waals surface area contributed by atoms with Crippen LogP contribution in [0.2, 0.25) is 0 Å². The first kappa shape index (κ1) is 32.4. The third-order valence-electron chi connectivity index (χ3n) is 5.85. The molecule has 40 heavy (non-hydrogen) atoms. The monoisotopic (exact) mass is 560 g/mol. The van der Waals surface area contributed by atoms with Gasteiger partial charge < -0.3 is 10.1 Å². The van der Waals surface area contributed by atoms with Crippen LogP contribution < -0.4 is 10.1 Å². The number of allylic oxidation sites excluding steroid dienone is 2. The minimum atomic E-state index is -1.71. The first-order valence-electron chi connectivity index (χ1n) is 13.1. The predicted molar refractivity (Wildman–Crippen MR) is 148 cm³/mol. The fraction of sp³-hybridized carbons (Fsp3) is 0.367. The number of hydrogen-bond donors (Lipinski definition) is 1. The number of rotatable bonds is 12. The van der Waals surface area contributed by atoms with Gasteiger partial charge in [0.15, 0.2) is 23.2 Å². The molecule has 0 fully saturated rings. The van der Waals surface area contributed by atoms with Crippen LogP contribution in [0.5, 0.6) is 5.75 Å². The van der Waals surface area contributed by atoms with Crippen LogP contribution in [0.15, 0.2) is 49.2 Å². The van der Waals surface area contributed by atoms with Crippen molar-refractivity contribution in [3.63, 3.8) is 0 Å². The van der Waals surface area contributed by atoms with Gasteiger partial charge >= 0.3 is 0 Å². The molecule has 0 amide bonds. The number of hydrogen-bond acceptors (Lipinski definition) is 5. The van der Waals surface area contributed by atoms with Crippen molar-refractivity contribution in [2.45, 2.75) is 66.1 Å². The Morgan fingerprint density at radius 3 is 2.38 bits per heavy atom. The fourth-order valence-corrected chi connectivity index (χ4v) is 3.65. The van der Waals surface area contributed by atoms with E-state index in [9.17, 15) is 22.4 Å². The molecule has 1 N–H and O–H groups in total. The summed E-state index contributed by atoms with van der Waals surface area (Å²) in [5.74, 6) is -8.53. The molecule has 0 aliphatic rings. The molecule has 1 aromatic heterocycles. The van der Waals surface area contributed by atoms with Crippen LogP contribution in [-0.4, -0.2) is 27.4 Å². The average molecular weight is 561 g/mol. The van der Waals surface area contributed by atoms with Crippen LogP contribution >= 0.6 is 0 Å². The highest BCUT2D eigenvalue weighted by molar-refractivity contribution is 5.83. The summed E-state index contributed by atoms with van der Waals surface area (Å²) in [7, 11) is 0. The van der Waals surface area contributed by atoms with Crippen molar-refractivity contribution in [1.29, 1.82) is 0 Å². The lowest BCUT2D eigenvalue weighted by atomic mass is 10.0. The minimum Gasteiger partial charge on any atom is -0.479 e. The van der Waals surface area contributed by atoms with E-state index in [-0.39, 0.29) is 18.5 Å². The van der Waals surface area contributed by atoms with Crippen molar-refractivity contribution in [1.82, 2.24) is 20.3 Å². The van der Waals surface area contributed by atoms with Crippen molar-refractivity contribution in [2.75, 3.05) is 6.61 Å². The van der Waals surface area contributed by atoms with Crippen LogP contribution in [0.25, 0.3) is 6.08 Å². The average Bonchev–Trinajstić information content (AvgIpc) is 3.41. The first-order valence-corrected chi connectivity index (χ1v) is 13.1. The Bertz CT molecular complexity index is 1300. The SMILES string of the molecule is C=C/C=C\c1cc(CNC(C)c2cn(C(CC)C(=O)COc3c(F)c(F)cc(F)c3F)nn2)ccc1C.CCC. The van der Waals surface area contributed by atoms with Gasteiger partial charge in [0.1, 0.15) is 12.6 Å². The molecule has 0 bridgehead atoms. The standard InChI is InChI=1S/C27H28F4N4O2.C3H8/c1-5-7-8-19-11-18(10-9-16(19)3)13-32-17(4)22-14-35(34-33-22)23(6-2)24(36)15-37-27-25(30)20(28)12-21(29)26(27)31;1-3-2/h5,7-12,14,17,23,32H,1,6,13,15H2,2-4H3;3H2,1-2H3/b8-7-;. The maximum Gasteiger partial charge on any atom is 0.203 e. The summed E-state index contributed by atoms with van der Waals surface area (Å²) in [6, 6.07) is 5.15. The molecule has 3 rings (SSSR count). The third-order valence-corrected chi connectivity index (χ3v) is 5.85. The smallest absolute Gasteiger partial charge is 0.203 e. The van der Waals surface area contributed by atoms with E-state index in [2.05, 4.69) is 42.1 Å². The van der Waals surface area contributed by atoms with Gasteiger partial charge in [0.05, 0.1) is 17.9 Å². The number of benzene rings is 2. The van der Waals surface area contributed by atoms with Crippen molar-refractivity contribution in [3.05, 3.63) is 94.8 Å². The van der Waals surface area contributed by atoms with Gasteiger partial charge in [-0.15, -0.1) is 5.10 Å². The van der Waals surface area contributed by atoms with Crippen LogP contribution in [0.4, 0.5) is 17.6 Å². The van der Waals surface area contributed by atoms with Gasteiger partial charge in [-0.1, -0.05) is 75.4 Å². The quantitative estimate of drug-likeness (QED) is 0.144. The molecular weight excluding hydrogens is 524 g/mol. The summed E-state index contributed by atoms with van der Waals surface area (Å²) in [4.78, 5) is 12.7. The minimum absolute atomic E-state index is 0.0675. The highest BCUT2D eigenvalue weighted by Crippen LogP contribution is 2.27. The zero-order valence-electron chi connectivity index (χ0n) is 23.5. The Balaban J connectivity index is 0.00000178. The lowest BCUT2D eigenvalue weighted by Crippen LogP contribution is -2.25. The largest absolute Gasteiger partial charge is 0.479 e. The van der Waals surface area contributed by atoms with Gasteiger partial charge in [-0.3, -0.25) is 4.79 Å². The molecule has 0 saturated heterocycles. The Labute approximate surface area is 232 Å². The van der Waals surface area contributed by atoms with E-state index in [0.717, 1.165) is 16.7 Å². The molecule has 2 unspecified atom stereocenters. The molecule has 3 aromatic rings. The lowest BCUT2D eigenvalue weighted by molar-refractivity contribution is -0.124. The van der Waals surface area contributed by atoms with Crippen molar-refractivity contribution in [3.8, 4) is 5.75 Å². The Morgan fingerprint density at radius 2 is 1.77 bits per heavy atom. The van der Waals surface area contributed by atoms with Gasteiger partial charge in [-0.05, 0) is 37.0 Å². The van der Waals surface area contributed by atoms with Crippen molar-refractivity contribution < 1.29 is 27.1 Å². The van der Waals surface area contributed by atoms with Gasteiger partial charge in [-0.25, -0.2) is 13.5 Å². The number of nitrogens with zero attached hydrogens (tertiary/aromatic N) is 3. The topological polar surface area (TPSA) is 69.0 Å². The van der Waals surface area contributed by atoms with Gasteiger partial charge in [0, 0.05) is 12.6 Å². The summed E-state index contributed by atoms with van der Waals surface area (Å²) < 4.78 is 60.6. The highest BCUT2D eigenvalue weighted by Gasteiger charge is 2.25. The lowest BCUT2D eigenvalue weighted by Gasteiger charge is -2.15. The number of Topliss-reactive ketones (excluding diaryl/α,β-unsaturated/α-hetero) is 1. The summed E-state index contributed by atoms with van der Waals surface area (Å²) in [5.41, 5.74) is 3.88. The van der Waals surface area contributed by atoms with Crippen molar-refractivity contribution >= 4 is 11.9 Å². The van der Waals surface area contributed by atoms with Crippen LogP contribution in [0.1, 0.15) is 75.0 Å². The van der Waals surface area contributed by atoms with Crippen LogP contribution in [-0.2, 0) is 11.3 Å². The van der Waals surface area contributed by atoms with E-state index in [1.165, 1.54) is 11.1 Å². The zero-order chi connectivity index (χ0) is 29.8. The summed E-state index contributed by atoms with van der Waals surface area (Å²) in [5, 5.41) is 11.5. The molecule has 2 atom stereocenters. The summed E-state index contributed by atoms with van der Waals surface area (Å²) in [6.07, 6.45) is 8.70. The van der Waals surface area contributed by atoms with Crippen LogP contribution in [0.3, 0.4) is 0 Å². The molecule has 10 heteroatoms. The van der Waals surface area contributed by atoms with E-state index in [0.29, 0.717) is 12.2 Å². The molecule has 6 nitrogen and oxygen atoms in total. The maximum atomic E-state index is 13.8. The number of aryl methyl sites for hydroxylation is 1. The number of halogens is 4. The Morgan fingerprint density at radius 1 is 1.12 bits per heavy atom. The second kappa shape index (κ2) is 15.7. The number of carbonyl (C=O) groups is 1. The van der Waals surface area contributed by atoms with E-state index < -0.39 is 47.5 Å². The fourth-order valence-electron chi connectivity index (χ4n) is 3.65. The number of carbonyl (C=O) groups excluding carboxylic acids is 1. The highest BCUT2D eigenvalue weighted by atomic mass is 19.2. The molecule has 0 saturated carbocycles. The molecule has 0 radical (unpaired) electrons. The summed E-state index contributed by atoms with van der Waals surface area (Å²) in [6.45, 7) is 13.3. The maximum absolute atomic E-state index is 13.8. The molecule has 1 heterocycles. The Hall–Kier alpha value is -3.79. The van der Waals surface area contributed by atoms with Gasteiger partial charge in [0.25, 0.3) is 0 Å². The Kier molecular flexibility index (Phi) is 12.7. The van der Waals surface area contributed by atoms with E-state index in [1.807, 2.05) is 38.1 Å². The number of ether oxygens (including phenoxy) is 1. The number of ketones is 1. The molecular formula is C30H36F4N4O2. The second-order valence-electron chi connectivity index (χ2n) is 9.20. The van der Waals surface area contributed by atoms with Crippen molar-refractivity contribution in [2.24, 2.45) is 0 Å². The molecule has 216 valence electrons. The number of nitrogens with one attached hydrogen (secondary N) is 1. The van der Waals surface area contributed by atoms with E-state index in [4.69, 9.17) is 4.74 Å². The van der Waals surface area contributed by atoms with E-state index >= 15 is 0 Å². The van der Waals surface area contributed by atoms with Gasteiger partial charge in [0.2, 0.25) is 11.6 Å². The van der Waals surface area contributed by atoms with Gasteiger partial charge in [-0.2, -0.15) is 8.78 Å². The number of aromatic nitrogens is 3. The zero-order valence-corrected chi connectivity index (χ0v) is 23.5. The molecule has 0 aliphatic carbocycles. The second-order valence-corrected chi connectivity index (χ2v) is 9.20. The first-order chi connectivity index (χ1) is 19.1. The van der Waals surface area contributed by atoms with E-state index in [1.54, 1.807) is 19.2 Å². The molecule has 2 aromatic carbocycles. The molecule has 0 aliphatic heterocycles.